The Morgan fingerprint density at radius 1 is 1.12 bits per heavy atom. The Labute approximate surface area is 151 Å². The summed E-state index contributed by atoms with van der Waals surface area (Å²) in [7, 11) is -3.78. The van der Waals surface area contributed by atoms with Gasteiger partial charge in [0, 0.05) is 23.0 Å². The molecule has 130 valence electrons. The summed E-state index contributed by atoms with van der Waals surface area (Å²) in [5.74, 6) is 0. The number of benzene rings is 2. The van der Waals surface area contributed by atoms with E-state index in [1.54, 1.807) is 42.2 Å². The Hall–Kier alpha value is -1.93. The third-order valence-electron chi connectivity index (χ3n) is 3.85. The molecule has 25 heavy (non-hydrogen) atoms. The average Bonchev–Trinajstić information content (AvgIpc) is 2.65. The Morgan fingerprint density at radius 2 is 1.84 bits per heavy atom. The molecule has 0 fully saturated rings. The lowest BCUT2D eigenvalue weighted by molar-refractivity contribution is 0.182. The third kappa shape index (κ3) is 4.01. The number of rotatable bonds is 6. The minimum absolute atomic E-state index is 0.107. The molecular weight excluding hydrogens is 356 g/mol. The minimum atomic E-state index is -3.78. The van der Waals surface area contributed by atoms with Crippen molar-refractivity contribution in [3.05, 3.63) is 66.4 Å². The van der Waals surface area contributed by atoms with E-state index in [1.165, 1.54) is 6.07 Å². The fraction of sp³-hybridized carbons (Fsp3) is 0.167. The van der Waals surface area contributed by atoms with Crippen LogP contribution in [0.5, 0.6) is 0 Å². The normalized spacial score (nSPS) is 13.0. The van der Waals surface area contributed by atoms with Crippen molar-refractivity contribution in [3.63, 3.8) is 0 Å². The summed E-state index contributed by atoms with van der Waals surface area (Å²) >= 11 is 1.61. The summed E-state index contributed by atoms with van der Waals surface area (Å²) in [6.07, 6.45) is 2.61. The summed E-state index contributed by atoms with van der Waals surface area (Å²) in [6, 6.07) is 15.9. The number of para-hydroxylation sites is 1. The first-order chi connectivity index (χ1) is 12.0. The van der Waals surface area contributed by atoms with Gasteiger partial charge in [-0.05, 0) is 36.1 Å². The fourth-order valence-corrected chi connectivity index (χ4v) is 4.13. The first-order valence-corrected chi connectivity index (χ1v) is 10.4. The summed E-state index contributed by atoms with van der Waals surface area (Å²) in [4.78, 5) is 5.36. The number of hydrogen-bond acceptors (Lipinski definition) is 5. The summed E-state index contributed by atoms with van der Waals surface area (Å²) in [5.41, 5.74) is 1.08. The maximum absolute atomic E-state index is 12.6. The van der Waals surface area contributed by atoms with E-state index < -0.39 is 16.1 Å². The number of hydrogen-bond donors (Lipinski definition) is 2. The van der Waals surface area contributed by atoms with Crippen molar-refractivity contribution < 1.29 is 13.5 Å². The van der Waals surface area contributed by atoms with E-state index in [2.05, 4.69) is 9.71 Å². The number of thioether (sulfide) groups is 1. The Morgan fingerprint density at radius 3 is 2.56 bits per heavy atom. The average molecular weight is 374 g/mol. The quantitative estimate of drug-likeness (QED) is 0.649. The lowest BCUT2D eigenvalue weighted by Gasteiger charge is -2.14. The van der Waals surface area contributed by atoms with E-state index in [0.717, 1.165) is 10.3 Å². The van der Waals surface area contributed by atoms with Crippen LogP contribution in [0.15, 0.2) is 70.6 Å². The van der Waals surface area contributed by atoms with E-state index in [9.17, 15) is 13.5 Å². The second kappa shape index (κ2) is 7.53. The van der Waals surface area contributed by atoms with Crippen LogP contribution >= 0.6 is 11.8 Å². The van der Waals surface area contributed by atoms with Gasteiger partial charge in [-0.25, -0.2) is 13.1 Å². The maximum atomic E-state index is 12.6. The van der Waals surface area contributed by atoms with Crippen LogP contribution in [0.1, 0.15) is 11.7 Å². The van der Waals surface area contributed by atoms with Crippen molar-refractivity contribution in [3.8, 4) is 0 Å². The van der Waals surface area contributed by atoms with Gasteiger partial charge in [0.1, 0.15) is 4.90 Å². The molecule has 0 radical (unpaired) electrons. The zero-order valence-electron chi connectivity index (χ0n) is 13.6. The smallest absolute Gasteiger partial charge is 0.242 e. The number of fused-ring (bicyclic) bond motifs is 1. The molecule has 0 bridgehead atoms. The van der Waals surface area contributed by atoms with Crippen molar-refractivity contribution in [2.45, 2.75) is 15.9 Å². The molecule has 0 aliphatic carbocycles. The number of nitrogens with zero attached hydrogens (tertiary/aromatic N) is 1. The predicted octanol–water partition coefficient (Wildman–Crippen LogP) is 2.97. The number of aromatic nitrogens is 1. The molecule has 3 aromatic rings. The highest BCUT2D eigenvalue weighted by molar-refractivity contribution is 7.98. The molecule has 5 nitrogen and oxygen atoms in total. The highest BCUT2D eigenvalue weighted by Gasteiger charge is 2.19. The predicted molar refractivity (Wildman–Crippen MR) is 100 cm³/mol. The van der Waals surface area contributed by atoms with Crippen LogP contribution in [0, 0.1) is 0 Å². The van der Waals surface area contributed by atoms with Crippen LogP contribution in [0.25, 0.3) is 10.9 Å². The highest BCUT2D eigenvalue weighted by Crippen LogP contribution is 2.22. The van der Waals surface area contributed by atoms with Gasteiger partial charge < -0.3 is 5.11 Å². The first-order valence-electron chi connectivity index (χ1n) is 7.67. The van der Waals surface area contributed by atoms with Crippen LogP contribution < -0.4 is 4.72 Å². The number of pyridine rings is 1. The molecule has 0 amide bonds. The van der Waals surface area contributed by atoms with Crippen molar-refractivity contribution >= 4 is 32.7 Å². The molecule has 1 atom stereocenters. The van der Waals surface area contributed by atoms with Crippen LogP contribution in [0.2, 0.25) is 0 Å². The van der Waals surface area contributed by atoms with Gasteiger partial charge in [0.15, 0.2) is 0 Å². The fourth-order valence-electron chi connectivity index (χ4n) is 2.50. The van der Waals surface area contributed by atoms with E-state index in [0.29, 0.717) is 11.1 Å². The molecule has 0 spiro atoms. The van der Waals surface area contributed by atoms with Crippen molar-refractivity contribution in [2.75, 3.05) is 12.8 Å². The number of aliphatic hydroxyl groups is 1. The van der Waals surface area contributed by atoms with Gasteiger partial charge in [0.25, 0.3) is 0 Å². The van der Waals surface area contributed by atoms with Crippen LogP contribution in [-0.2, 0) is 10.0 Å². The molecular formula is C18H18N2O3S2. The molecule has 3 rings (SSSR count). The van der Waals surface area contributed by atoms with E-state index >= 15 is 0 Å². The molecule has 0 saturated heterocycles. The Balaban J connectivity index is 1.79. The maximum Gasteiger partial charge on any atom is 0.242 e. The molecule has 1 heterocycles. The zero-order valence-corrected chi connectivity index (χ0v) is 15.2. The summed E-state index contributed by atoms with van der Waals surface area (Å²) in [6.45, 7) is -0.107. The van der Waals surface area contributed by atoms with Gasteiger partial charge in [0.2, 0.25) is 10.0 Å². The van der Waals surface area contributed by atoms with Gasteiger partial charge in [0.05, 0.1) is 11.6 Å². The largest absolute Gasteiger partial charge is 0.387 e. The SMILES string of the molecule is CSc1ccc(C(O)CNS(=O)(=O)c2cccc3cccnc23)cc1. The topological polar surface area (TPSA) is 79.3 Å². The van der Waals surface area contributed by atoms with E-state index in [1.807, 2.05) is 30.5 Å². The van der Waals surface area contributed by atoms with Gasteiger partial charge in [-0.3, -0.25) is 4.98 Å². The standard InChI is InChI=1S/C18H18N2O3S2/c1-24-15-9-7-13(8-10-15)16(21)12-20-25(22,23)17-6-2-4-14-5-3-11-19-18(14)17/h2-11,16,20-21H,12H2,1H3. The highest BCUT2D eigenvalue weighted by atomic mass is 32.2. The molecule has 2 N–H and O–H groups in total. The molecule has 0 saturated carbocycles. The molecule has 1 aromatic heterocycles. The lowest BCUT2D eigenvalue weighted by Crippen LogP contribution is -2.28. The third-order valence-corrected chi connectivity index (χ3v) is 6.05. The minimum Gasteiger partial charge on any atom is -0.387 e. The van der Waals surface area contributed by atoms with Gasteiger partial charge in [-0.1, -0.05) is 30.3 Å². The summed E-state index contributed by atoms with van der Waals surface area (Å²) in [5, 5.41) is 11.0. The molecule has 0 aliphatic rings. The number of sulfonamides is 1. The molecule has 1 unspecified atom stereocenters. The number of nitrogens with one attached hydrogen (secondary N) is 1. The van der Waals surface area contributed by atoms with Crippen LogP contribution in [0.4, 0.5) is 0 Å². The Bertz CT molecular complexity index is 968. The second-order valence-corrected chi connectivity index (χ2v) is 8.09. The molecule has 2 aromatic carbocycles. The van der Waals surface area contributed by atoms with Gasteiger partial charge in [-0.2, -0.15) is 0 Å². The second-order valence-electron chi connectivity index (χ2n) is 5.47. The van der Waals surface area contributed by atoms with Crippen molar-refractivity contribution in [1.29, 1.82) is 0 Å². The Kier molecular flexibility index (Phi) is 5.39. The van der Waals surface area contributed by atoms with Crippen molar-refractivity contribution in [1.82, 2.24) is 9.71 Å². The molecule has 7 heteroatoms. The van der Waals surface area contributed by atoms with E-state index in [-0.39, 0.29) is 11.4 Å². The summed E-state index contributed by atoms with van der Waals surface area (Å²) < 4.78 is 27.7. The first kappa shape index (κ1) is 17.9. The molecule has 0 aliphatic heterocycles. The van der Waals surface area contributed by atoms with Gasteiger partial charge in [-0.15, -0.1) is 11.8 Å². The lowest BCUT2D eigenvalue weighted by atomic mass is 10.1. The number of aliphatic hydroxyl groups excluding tert-OH is 1. The van der Waals surface area contributed by atoms with Crippen LogP contribution in [0.3, 0.4) is 0 Å². The van der Waals surface area contributed by atoms with Gasteiger partial charge >= 0.3 is 0 Å². The monoisotopic (exact) mass is 374 g/mol. The zero-order chi connectivity index (χ0) is 17.9. The van der Waals surface area contributed by atoms with Crippen LogP contribution in [-0.4, -0.2) is 31.3 Å². The van der Waals surface area contributed by atoms with Crippen molar-refractivity contribution in [2.24, 2.45) is 0 Å². The van der Waals surface area contributed by atoms with E-state index in [4.69, 9.17) is 0 Å².